The Kier molecular flexibility index (Phi) is 4.06. The van der Waals surface area contributed by atoms with Gasteiger partial charge in [-0.3, -0.25) is 0 Å². The lowest BCUT2D eigenvalue weighted by atomic mass is 10.1. The van der Waals surface area contributed by atoms with Crippen molar-refractivity contribution in [3.63, 3.8) is 0 Å². The minimum atomic E-state index is -0.223. The zero-order chi connectivity index (χ0) is 14.2. The van der Waals surface area contributed by atoms with E-state index in [1.807, 2.05) is 39.8 Å². The highest BCUT2D eigenvalue weighted by atomic mass is 79.9. The number of nitrogens with zero attached hydrogens (tertiary/aromatic N) is 2. The monoisotopic (exact) mass is 323 g/mol. The molecule has 0 spiro atoms. The second-order valence-electron chi connectivity index (χ2n) is 5.15. The standard InChI is InChI=1S/C14H18BrN3O/c1-7(2)12(16)14-17-13(18-19-14)10-5-8(3)11(15)9(4)6-10/h5-7,12H,16H2,1-4H3/t12-/m0/s1. The van der Waals surface area contributed by atoms with Crippen LogP contribution in [0, 0.1) is 19.8 Å². The van der Waals surface area contributed by atoms with Crippen LogP contribution in [-0.2, 0) is 0 Å². The van der Waals surface area contributed by atoms with E-state index in [1.54, 1.807) is 0 Å². The van der Waals surface area contributed by atoms with E-state index in [9.17, 15) is 0 Å². The third-order valence-electron chi connectivity index (χ3n) is 3.14. The Bertz CT molecular complexity index is 569. The molecule has 0 aliphatic heterocycles. The lowest BCUT2D eigenvalue weighted by Gasteiger charge is -2.09. The molecule has 1 aromatic heterocycles. The Morgan fingerprint density at radius 3 is 2.32 bits per heavy atom. The van der Waals surface area contributed by atoms with Gasteiger partial charge in [0.2, 0.25) is 11.7 Å². The Balaban J connectivity index is 2.38. The molecule has 0 saturated carbocycles. The minimum absolute atomic E-state index is 0.223. The van der Waals surface area contributed by atoms with E-state index in [0.717, 1.165) is 21.2 Å². The summed E-state index contributed by atoms with van der Waals surface area (Å²) in [6.07, 6.45) is 0. The van der Waals surface area contributed by atoms with Crippen molar-refractivity contribution < 1.29 is 4.52 Å². The van der Waals surface area contributed by atoms with Gasteiger partial charge in [0.1, 0.15) is 0 Å². The Labute approximate surface area is 121 Å². The third-order valence-corrected chi connectivity index (χ3v) is 4.39. The molecule has 2 N–H and O–H groups in total. The van der Waals surface area contributed by atoms with E-state index in [-0.39, 0.29) is 12.0 Å². The topological polar surface area (TPSA) is 64.9 Å². The molecule has 0 aliphatic carbocycles. The fraction of sp³-hybridized carbons (Fsp3) is 0.429. The van der Waals surface area contributed by atoms with Crippen LogP contribution in [0.25, 0.3) is 11.4 Å². The smallest absolute Gasteiger partial charge is 0.244 e. The largest absolute Gasteiger partial charge is 0.337 e. The second kappa shape index (κ2) is 5.43. The Morgan fingerprint density at radius 2 is 1.79 bits per heavy atom. The van der Waals surface area contributed by atoms with E-state index < -0.39 is 0 Å². The number of hydrogen-bond donors (Lipinski definition) is 1. The molecular weight excluding hydrogens is 306 g/mol. The molecule has 19 heavy (non-hydrogen) atoms. The summed E-state index contributed by atoms with van der Waals surface area (Å²) in [5, 5.41) is 4.02. The summed E-state index contributed by atoms with van der Waals surface area (Å²) in [6, 6.07) is 3.85. The molecule has 1 aromatic carbocycles. The molecule has 102 valence electrons. The van der Waals surface area contributed by atoms with Crippen LogP contribution in [0.2, 0.25) is 0 Å². The summed E-state index contributed by atoms with van der Waals surface area (Å²) < 4.78 is 6.36. The summed E-state index contributed by atoms with van der Waals surface area (Å²) >= 11 is 3.55. The van der Waals surface area contributed by atoms with Gasteiger partial charge in [-0.15, -0.1) is 0 Å². The Hall–Kier alpha value is -1.20. The van der Waals surface area contributed by atoms with Crippen LogP contribution in [0.3, 0.4) is 0 Å². The average Bonchev–Trinajstić information content (AvgIpc) is 2.83. The van der Waals surface area contributed by atoms with Crippen LogP contribution in [0.15, 0.2) is 21.1 Å². The first kappa shape index (κ1) is 14.2. The predicted molar refractivity (Wildman–Crippen MR) is 78.7 cm³/mol. The maximum atomic E-state index is 6.01. The van der Waals surface area contributed by atoms with Crippen LogP contribution in [0.1, 0.15) is 36.9 Å². The van der Waals surface area contributed by atoms with Gasteiger partial charge in [-0.05, 0) is 43.0 Å². The number of halogens is 1. The van der Waals surface area contributed by atoms with E-state index in [1.165, 1.54) is 0 Å². The lowest BCUT2D eigenvalue weighted by Crippen LogP contribution is -2.16. The zero-order valence-corrected chi connectivity index (χ0v) is 13.2. The minimum Gasteiger partial charge on any atom is -0.337 e. The van der Waals surface area contributed by atoms with Gasteiger partial charge in [0, 0.05) is 10.0 Å². The molecule has 0 radical (unpaired) electrons. The first-order valence-electron chi connectivity index (χ1n) is 6.26. The van der Waals surface area contributed by atoms with Crippen molar-refractivity contribution in [1.29, 1.82) is 0 Å². The summed E-state index contributed by atoms with van der Waals surface area (Å²) in [5.41, 5.74) is 9.25. The highest BCUT2D eigenvalue weighted by Gasteiger charge is 2.19. The molecule has 4 nitrogen and oxygen atoms in total. The molecule has 0 fully saturated rings. The van der Waals surface area contributed by atoms with Gasteiger partial charge < -0.3 is 10.3 Å². The lowest BCUT2D eigenvalue weighted by molar-refractivity contribution is 0.325. The summed E-state index contributed by atoms with van der Waals surface area (Å²) in [7, 11) is 0. The van der Waals surface area contributed by atoms with Crippen LogP contribution in [0.4, 0.5) is 0 Å². The second-order valence-corrected chi connectivity index (χ2v) is 5.94. The van der Waals surface area contributed by atoms with Gasteiger partial charge in [-0.25, -0.2) is 0 Å². The highest BCUT2D eigenvalue weighted by molar-refractivity contribution is 9.10. The average molecular weight is 324 g/mol. The highest BCUT2D eigenvalue weighted by Crippen LogP contribution is 2.28. The SMILES string of the molecule is Cc1cc(-c2noc([C@@H](N)C(C)C)n2)cc(C)c1Br. The first-order valence-corrected chi connectivity index (χ1v) is 7.05. The number of rotatable bonds is 3. The van der Waals surface area contributed by atoms with E-state index in [2.05, 4.69) is 26.1 Å². The first-order chi connectivity index (χ1) is 8.90. The van der Waals surface area contributed by atoms with E-state index in [4.69, 9.17) is 10.3 Å². The van der Waals surface area contributed by atoms with Gasteiger partial charge in [-0.2, -0.15) is 4.98 Å². The van der Waals surface area contributed by atoms with Crippen LogP contribution < -0.4 is 5.73 Å². The third kappa shape index (κ3) is 2.87. The summed E-state index contributed by atoms with van der Waals surface area (Å²) in [4.78, 5) is 4.40. The maximum absolute atomic E-state index is 6.01. The van der Waals surface area contributed by atoms with Gasteiger partial charge in [0.15, 0.2) is 0 Å². The zero-order valence-electron chi connectivity index (χ0n) is 11.6. The van der Waals surface area contributed by atoms with Crippen molar-refractivity contribution in [2.75, 3.05) is 0 Å². The molecule has 2 rings (SSSR count). The molecule has 1 heterocycles. The number of benzene rings is 1. The molecule has 0 saturated heterocycles. The van der Waals surface area contributed by atoms with Crippen molar-refractivity contribution in [3.05, 3.63) is 33.6 Å². The Morgan fingerprint density at radius 1 is 1.21 bits per heavy atom. The van der Waals surface area contributed by atoms with Crippen LogP contribution >= 0.6 is 15.9 Å². The van der Waals surface area contributed by atoms with Crippen molar-refractivity contribution in [2.24, 2.45) is 11.7 Å². The number of aryl methyl sites for hydroxylation is 2. The molecule has 2 aromatic rings. The molecule has 0 bridgehead atoms. The van der Waals surface area contributed by atoms with Crippen molar-refractivity contribution in [3.8, 4) is 11.4 Å². The summed E-state index contributed by atoms with van der Waals surface area (Å²) in [5.74, 6) is 1.34. The van der Waals surface area contributed by atoms with E-state index >= 15 is 0 Å². The van der Waals surface area contributed by atoms with Crippen molar-refractivity contribution >= 4 is 15.9 Å². The van der Waals surface area contributed by atoms with E-state index in [0.29, 0.717) is 11.7 Å². The molecular formula is C14H18BrN3O. The molecule has 1 atom stereocenters. The predicted octanol–water partition coefficient (Wildman–Crippen LogP) is 3.77. The number of aromatic nitrogens is 2. The van der Waals surface area contributed by atoms with Gasteiger partial charge >= 0.3 is 0 Å². The van der Waals surface area contributed by atoms with Crippen LogP contribution in [-0.4, -0.2) is 10.1 Å². The van der Waals surface area contributed by atoms with Gasteiger partial charge in [-0.1, -0.05) is 34.9 Å². The fourth-order valence-corrected chi connectivity index (χ4v) is 2.08. The van der Waals surface area contributed by atoms with Gasteiger partial charge in [0.25, 0.3) is 0 Å². The number of hydrogen-bond acceptors (Lipinski definition) is 4. The van der Waals surface area contributed by atoms with Gasteiger partial charge in [0.05, 0.1) is 6.04 Å². The quantitative estimate of drug-likeness (QED) is 0.933. The van der Waals surface area contributed by atoms with Crippen LogP contribution in [0.5, 0.6) is 0 Å². The normalized spacial score (nSPS) is 13.0. The molecule has 0 aliphatic rings. The fourth-order valence-electron chi connectivity index (χ4n) is 1.85. The molecule has 5 heteroatoms. The maximum Gasteiger partial charge on any atom is 0.244 e. The summed E-state index contributed by atoms with van der Waals surface area (Å²) in [6.45, 7) is 8.15. The number of nitrogens with two attached hydrogens (primary N) is 1. The molecule has 0 amide bonds. The molecule has 0 unspecified atom stereocenters. The van der Waals surface area contributed by atoms with Crippen molar-refractivity contribution in [2.45, 2.75) is 33.7 Å². The van der Waals surface area contributed by atoms with Crippen molar-refractivity contribution in [1.82, 2.24) is 10.1 Å².